The van der Waals surface area contributed by atoms with Crippen LogP contribution in [0, 0.1) is 5.82 Å². The molecule has 1 saturated heterocycles. The molecule has 1 N–H and O–H groups in total. The highest BCUT2D eigenvalue weighted by atomic mass is 35.5. The first-order valence-corrected chi connectivity index (χ1v) is 7.64. The van der Waals surface area contributed by atoms with Crippen LogP contribution in [-0.2, 0) is 11.3 Å². The Hall–Kier alpha value is -2.25. The van der Waals surface area contributed by atoms with Gasteiger partial charge in [0, 0.05) is 6.54 Å². The van der Waals surface area contributed by atoms with Crippen LogP contribution < -0.4 is 10.2 Å². The minimum atomic E-state index is -0.381. The van der Waals surface area contributed by atoms with Crippen LogP contribution in [0.4, 0.5) is 10.1 Å². The monoisotopic (exact) mass is 350 g/mol. The van der Waals surface area contributed by atoms with E-state index >= 15 is 0 Å². The summed E-state index contributed by atoms with van der Waals surface area (Å²) < 4.78 is 14.7. The van der Waals surface area contributed by atoms with Crippen molar-refractivity contribution in [2.75, 3.05) is 4.90 Å². The zero-order chi connectivity index (χ0) is 16.6. The Labute approximate surface area is 142 Å². The summed E-state index contributed by atoms with van der Waals surface area (Å²) in [6.07, 6.45) is 3.13. The molecule has 1 aromatic heterocycles. The Morgan fingerprint density at radius 1 is 1.39 bits per heavy atom. The Bertz CT molecular complexity index is 815. The number of hydrogen-bond acceptors (Lipinski definition) is 3. The second-order valence-electron chi connectivity index (χ2n) is 4.80. The average Bonchev–Trinajstić information content (AvgIpc) is 3.02. The van der Waals surface area contributed by atoms with Crippen molar-refractivity contribution in [3.8, 4) is 0 Å². The third-order valence-corrected chi connectivity index (χ3v) is 3.95. The molecule has 1 amide bonds. The van der Waals surface area contributed by atoms with Crippen molar-refractivity contribution in [3.05, 3.63) is 52.7 Å². The first kappa shape index (κ1) is 15.6. The first-order valence-electron chi connectivity index (χ1n) is 6.85. The molecule has 1 aliphatic rings. The van der Waals surface area contributed by atoms with Gasteiger partial charge in [-0.25, -0.2) is 4.39 Å². The maximum Gasteiger partial charge on any atom is 0.281 e. The Morgan fingerprint density at radius 3 is 2.74 bits per heavy atom. The molecule has 0 spiro atoms. The van der Waals surface area contributed by atoms with Crippen molar-refractivity contribution in [2.24, 2.45) is 0 Å². The number of carbonyl (C=O) groups excluding carboxylic acids is 1. The minimum absolute atomic E-state index is 0.228. The van der Waals surface area contributed by atoms with E-state index in [0.29, 0.717) is 22.9 Å². The van der Waals surface area contributed by atoms with E-state index in [1.54, 1.807) is 10.8 Å². The zero-order valence-corrected chi connectivity index (χ0v) is 13.7. The molecule has 1 aromatic carbocycles. The highest BCUT2D eigenvalue weighted by Gasteiger charge is 2.32. The molecule has 23 heavy (non-hydrogen) atoms. The second-order valence-corrected chi connectivity index (χ2v) is 5.59. The van der Waals surface area contributed by atoms with Gasteiger partial charge in [0.05, 0.1) is 22.6 Å². The number of anilines is 1. The number of amides is 1. The van der Waals surface area contributed by atoms with Crippen LogP contribution in [0.2, 0.25) is 5.02 Å². The van der Waals surface area contributed by atoms with Crippen LogP contribution in [0.15, 0.2) is 36.2 Å². The van der Waals surface area contributed by atoms with Gasteiger partial charge in [-0.15, -0.1) is 0 Å². The maximum atomic E-state index is 13.0. The Morgan fingerprint density at radius 2 is 2.09 bits per heavy atom. The van der Waals surface area contributed by atoms with Gasteiger partial charge in [-0.2, -0.15) is 5.10 Å². The van der Waals surface area contributed by atoms with Crippen LogP contribution >= 0.6 is 23.8 Å². The standard InChI is InChI=1S/C15H12ClFN4OS/c1-2-20-13(11(16)8-18-20)7-12-14(22)21(15(23)19-12)10-5-3-9(17)4-6-10/h3-8H,2H2,1H3,(H,19,23)/b12-7+. The molecule has 2 heterocycles. The van der Waals surface area contributed by atoms with Crippen molar-refractivity contribution in [2.45, 2.75) is 13.5 Å². The maximum absolute atomic E-state index is 13.0. The second kappa shape index (κ2) is 6.10. The van der Waals surface area contributed by atoms with Gasteiger partial charge in [0.25, 0.3) is 5.91 Å². The fourth-order valence-electron chi connectivity index (χ4n) is 2.26. The fourth-order valence-corrected chi connectivity index (χ4v) is 2.76. The summed E-state index contributed by atoms with van der Waals surface area (Å²) in [5.41, 5.74) is 1.40. The lowest BCUT2D eigenvalue weighted by Gasteiger charge is -2.13. The van der Waals surface area contributed by atoms with Gasteiger partial charge in [0.2, 0.25) is 0 Å². The lowest BCUT2D eigenvalue weighted by molar-refractivity contribution is -0.113. The van der Waals surface area contributed by atoms with E-state index in [4.69, 9.17) is 23.8 Å². The molecule has 0 atom stereocenters. The number of hydrogen-bond donors (Lipinski definition) is 1. The molecule has 0 bridgehead atoms. The zero-order valence-electron chi connectivity index (χ0n) is 12.1. The molecule has 0 radical (unpaired) electrons. The van der Waals surface area contributed by atoms with Gasteiger partial charge in [0.15, 0.2) is 5.11 Å². The molecule has 8 heteroatoms. The molecule has 1 fully saturated rings. The third-order valence-electron chi connectivity index (χ3n) is 3.38. The van der Waals surface area contributed by atoms with Crippen molar-refractivity contribution in [3.63, 3.8) is 0 Å². The highest BCUT2D eigenvalue weighted by Crippen LogP contribution is 2.24. The number of rotatable bonds is 3. The van der Waals surface area contributed by atoms with Crippen molar-refractivity contribution >= 4 is 46.6 Å². The molecule has 0 unspecified atom stereocenters. The molecule has 118 valence electrons. The van der Waals surface area contributed by atoms with Crippen molar-refractivity contribution in [1.82, 2.24) is 15.1 Å². The van der Waals surface area contributed by atoms with Crippen molar-refractivity contribution in [1.29, 1.82) is 0 Å². The quantitative estimate of drug-likeness (QED) is 0.683. The number of aryl methyl sites for hydroxylation is 1. The number of nitrogens with one attached hydrogen (secondary N) is 1. The lowest BCUT2D eigenvalue weighted by atomic mass is 10.2. The Kier molecular flexibility index (Phi) is 4.14. The summed E-state index contributed by atoms with van der Waals surface area (Å²) in [7, 11) is 0. The van der Waals surface area contributed by atoms with E-state index in [1.165, 1.54) is 35.4 Å². The summed E-state index contributed by atoms with van der Waals surface area (Å²) in [4.78, 5) is 13.9. The van der Waals surface area contributed by atoms with Crippen LogP contribution in [0.1, 0.15) is 12.6 Å². The first-order chi connectivity index (χ1) is 11.0. The molecule has 0 aliphatic carbocycles. The van der Waals surface area contributed by atoms with Gasteiger partial charge in [-0.1, -0.05) is 11.6 Å². The lowest BCUT2D eigenvalue weighted by Crippen LogP contribution is -2.30. The van der Waals surface area contributed by atoms with Crippen LogP contribution in [0.25, 0.3) is 6.08 Å². The number of benzene rings is 1. The van der Waals surface area contributed by atoms with Crippen LogP contribution in [-0.4, -0.2) is 20.8 Å². The van der Waals surface area contributed by atoms with Crippen LogP contribution in [0.5, 0.6) is 0 Å². The van der Waals surface area contributed by atoms with E-state index in [9.17, 15) is 9.18 Å². The summed E-state index contributed by atoms with van der Waals surface area (Å²) in [6.45, 7) is 2.54. The molecular weight excluding hydrogens is 339 g/mol. The molecular formula is C15H12ClFN4OS. The van der Waals surface area contributed by atoms with Gasteiger partial charge < -0.3 is 5.32 Å². The normalized spacial score (nSPS) is 16.3. The number of aromatic nitrogens is 2. The van der Waals surface area contributed by atoms with E-state index in [2.05, 4.69) is 10.4 Å². The number of nitrogens with zero attached hydrogens (tertiary/aromatic N) is 3. The fraction of sp³-hybridized carbons (Fsp3) is 0.133. The van der Waals surface area contributed by atoms with Crippen LogP contribution in [0.3, 0.4) is 0 Å². The molecule has 2 aromatic rings. The largest absolute Gasteiger partial charge is 0.327 e. The predicted molar refractivity (Wildman–Crippen MR) is 90.5 cm³/mol. The third kappa shape index (κ3) is 2.85. The number of carbonyl (C=O) groups is 1. The average molecular weight is 351 g/mol. The number of thiocarbonyl (C=S) groups is 1. The molecule has 5 nitrogen and oxygen atoms in total. The van der Waals surface area contributed by atoms with E-state index in [-0.39, 0.29) is 22.5 Å². The summed E-state index contributed by atoms with van der Waals surface area (Å²) >= 11 is 11.3. The molecule has 3 rings (SSSR count). The van der Waals surface area contributed by atoms with Crippen molar-refractivity contribution < 1.29 is 9.18 Å². The van der Waals surface area contributed by atoms with E-state index in [1.807, 2.05) is 6.92 Å². The number of halogens is 2. The summed E-state index contributed by atoms with van der Waals surface area (Å²) in [6, 6.07) is 5.53. The van der Waals surface area contributed by atoms with Gasteiger partial charge >= 0.3 is 0 Å². The predicted octanol–water partition coefficient (Wildman–Crippen LogP) is 2.96. The Balaban J connectivity index is 1.96. The van der Waals surface area contributed by atoms with Gasteiger partial charge in [0.1, 0.15) is 11.5 Å². The molecule has 1 aliphatic heterocycles. The van der Waals surface area contributed by atoms with Gasteiger partial charge in [-0.3, -0.25) is 14.4 Å². The smallest absolute Gasteiger partial charge is 0.281 e. The minimum Gasteiger partial charge on any atom is -0.327 e. The highest BCUT2D eigenvalue weighted by molar-refractivity contribution is 7.80. The SMILES string of the molecule is CCn1ncc(Cl)c1/C=C1/NC(=S)N(c2ccc(F)cc2)C1=O. The van der Waals surface area contributed by atoms with E-state index in [0.717, 1.165) is 0 Å². The molecule has 0 saturated carbocycles. The summed E-state index contributed by atoms with van der Waals surface area (Å²) in [5.74, 6) is -0.713. The van der Waals surface area contributed by atoms with Gasteiger partial charge in [-0.05, 0) is 49.5 Å². The topological polar surface area (TPSA) is 50.2 Å². The van der Waals surface area contributed by atoms with E-state index < -0.39 is 0 Å². The summed E-state index contributed by atoms with van der Waals surface area (Å²) in [5, 5.41) is 7.65.